The Morgan fingerprint density at radius 2 is 2.00 bits per heavy atom. The van der Waals surface area contributed by atoms with Crippen molar-refractivity contribution in [1.29, 1.82) is 0 Å². The topological polar surface area (TPSA) is 29.5 Å². The first-order valence-corrected chi connectivity index (χ1v) is 6.33. The number of aliphatic hydroxyl groups is 1. The number of ether oxygens (including phenoxy) is 1. The molecule has 1 unspecified atom stereocenters. The van der Waals surface area contributed by atoms with Gasteiger partial charge in [-0.3, -0.25) is 0 Å². The van der Waals surface area contributed by atoms with Gasteiger partial charge in [0.2, 0.25) is 0 Å². The molecule has 0 saturated heterocycles. The van der Waals surface area contributed by atoms with Crippen LogP contribution in [0.3, 0.4) is 0 Å². The van der Waals surface area contributed by atoms with Gasteiger partial charge in [0.1, 0.15) is 5.75 Å². The van der Waals surface area contributed by atoms with Gasteiger partial charge in [-0.15, -0.1) is 11.6 Å². The summed E-state index contributed by atoms with van der Waals surface area (Å²) in [6.07, 6.45) is 3.90. The predicted octanol–water partition coefficient (Wildman–Crippen LogP) is 3.28. The van der Waals surface area contributed by atoms with Crippen molar-refractivity contribution in [3.63, 3.8) is 0 Å². The molecule has 2 rings (SSSR count). The predicted molar refractivity (Wildman–Crippen MR) is 65.0 cm³/mol. The molecule has 1 aromatic rings. The minimum Gasteiger partial charge on any atom is -0.490 e. The first-order chi connectivity index (χ1) is 7.79. The molecule has 0 amide bonds. The third kappa shape index (κ3) is 3.39. The smallest absolute Gasteiger partial charge is 0.119 e. The lowest BCUT2D eigenvalue weighted by molar-refractivity contribution is 0.166. The minimum absolute atomic E-state index is 0.409. The second kappa shape index (κ2) is 5.55. The van der Waals surface area contributed by atoms with Crippen LogP contribution in [-0.2, 0) is 0 Å². The molecule has 0 spiro atoms. The van der Waals surface area contributed by atoms with E-state index in [9.17, 15) is 5.11 Å². The summed E-state index contributed by atoms with van der Waals surface area (Å²) >= 11 is 5.59. The molecule has 0 radical (unpaired) electrons. The van der Waals surface area contributed by atoms with Crippen molar-refractivity contribution in [2.45, 2.75) is 37.9 Å². The van der Waals surface area contributed by atoms with Crippen LogP contribution >= 0.6 is 11.6 Å². The number of alkyl halides is 1. The Hall–Kier alpha value is -0.730. The summed E-state index contributed by atoms with van der Waals surface area (Å²) in [4.78, 5) is 0. The van der Waals surface area contributed by atoms with Crippen LogP contribution in [0.15, 0.2) is 24.3 Å². The van der Waals surface area contributed by atoms with Gasteiger partial charge in [-0.05, 0) is 43.4 Å². The van der Waals surface area contributed by atoms with Crippen LogP contribution in [0.5, 0.6) is 5.75 Å². The summed E-state index contributed by atoms with van der Waals surface area (Å²) in [5.41, 5.74) is 0.938. The van der Waals surface area contributed by atoms with Crippen LogP contribution in [-0.4, -0.2) is 17.1 Å². The number of benzene rings is 1. The lowest BCUT2D eigenvalue weighted by Crippen LogP contribution is -1.99. The number of aliphatic hydroxyl groups excluding tert-OH is 1. The van der Waals surface area contributed by atoms with Crippen molar-refractivity contribution < 1.29 is 9.84 Å². The zero-order valence-corrected chi connectivity index (χ0v) is 9.99. The molecule has 0 heterocycles. The molecule has 1 atom stereocenters. The van der Waals surface area contributed by atoms with Gasteiger partial charge in [0.15, 0.2) is 0 Å². The van der Waals surface area contributed by atoms with Crippen LogP contribution in [0.4, 0.5) is 0 Å². The standard InChI is InChI=1S/C13H17ClO2/c14-9-1-2-13(15)10-3-5-11(6-4-10)16-12-7-8-12/h3-6,12-13,15H,1-2,7-9H2. The molecule has 1 aliphatic carbocycles. The number of rotatable bonds is 6. The highest BCUT2D eigenvalue weighted by Crippen LogP contribution is 2.28. The third-order valence-electron chi connectivity index (χ3n) is 2.70. The van der Waals surface area contributed by atoms with Crippen molar-refractivity contribution >= 4 is 11.6 Å². The van der Waals surface area contributed by atoms with E-state index < -0.39 is 6.10 Å². The Bertz CT molecular complexity index is 319. The molecule has 1 fully saturated rings. The molecule has 16 heavy (non-hydrogen) atoms. The van der Waals surface area contributed by atoms with Crippen LogP contribution in [0, 0.1) is 0 Å². The van der Waals surface area contributed by atoms with Crippen molar-refractivity contribution in [3.8, 4) is 5.75 Å². The van der Waals surface area contributed by atoms with Gasteiger partial charge >= 0.3 is 0 Å². The zero-order chi connectivity index (χ0) is 11.4. The number of hydrogen-bond acceptors (Lipinski definition) is 2. The average molecular weight is 241 g/mol. The van der Waals surface area contributed by atoms with Crippen molar-refractivity contribution in [1.82, 2.24) is 0 Å². The Morgan fingerprint density at radius 3 is 2.56 bits per heavy atom. The summed E-state index contributed by atoms with van der Waals surface area (Å²) in [7, 11) is 0. The summed E-state index contributed by atoms with van der Waals surface area (Å²) in [5, 5.41) is 9.84. The van der Waals surface area contributed by atoms with E-state index in [1.165, 1.54) is 12.8 Å². The fourth-order valence-electron chi connectivity index (χ4n) is 1.58. The second-order valence-electron chi connectivity index (χ2n) is 4.23. The van der Waals surface area contributed by atoms with E-state index in [-0.39, 0.29) is 0 Å². The summed E-state index contributed by atoms with van der Waals surface area (Å²) in [6.45, 7) is 0. The maximum atomic E-state index is 9.84. The van der Waals surface area contributed by atoms with Crippen LogP contribution in [0.1, 0.15) is 37.4 Å². The van der Waals surface area contributed by atoms with Gasteiger partial charge in [-0.1, -0.05) is 12.1 Å². The molecule has 88 valence electrons. The molecule has 2 nitrogen and oxygen atoms in total. The van der Waals surface area contributed by atoms with Gasteiger partial charge in [0.25, 0.3) is 0 Å². The lowest BCUT2D eigenvalue weighted by atomic mass is 10.1. The lowest BCUT2D eigenvalue weighted by Gasteiger charge is -2.11. The minimum atomic E-state index is -0.409. The summed E-state index contributed by atoms with van der Waals surface area (Å²) in [5.74, 6) is 1.50. The largest absolute Gasteiger partial charge is 0.490 e. The van der Waals surface area contributed by atoms with Crippen LogP contribution in [0.2, 0.25) is 0 Å². The van der Waals surface area contributed by atoms with Gasteiger partial charge < -0.3 is 9.84 Å². The fraction of sp³-hybridized carbons (Fsp3) is 0.538. The van der Waals surface area contributed by atoms with Gasteiger partial charge in [0.05, 0.1) is 12.2 Å². The van der Waals surface area contributed by atoms with Crippen molar-refractivity contribution in [3.05, 3.63) is 29.8 Å². The SMILES string of the molecule is OC(CCCCl)c1ccc(OC2CC2)cc1. The summed E-state index contributed by atoms with van der Waals surface area (Å²) < 4.78 is 5.64. The maximum Gasteiger partial charge on any atom is 0.119 e. The first-order valence-electron chi connectivity index (χ1n) is 5.80. The van der Waals surface area contributed by atoms with Crippen molar-refractivity contribution in [2.75, 3.05) is 5.88 Å². The molecule has 0 aliphatic heterocycles. The quantitative estimate of drug-likeness (QED) is 0.774. The third-order valence-corrected chi connectivity index (χ3v) is 2.97. The van der Waals surface area contributed by atoms with Gasteiger partial charge in [0, 0.05) is 5.88 Å². The molecule has 1 aromatic carbocycles. The molecule has 1 aliphatic rings. The van der Waals surface area contributed by atoms with E-state index in [2.05, 4.69) is 0 Å². The molecule has 3 heteroatoms. The first kappa shape index (κ1) is 11.7. The number of hydrogen-bond donors (Lipinski definition) is 1. The van der Waals surface area contributed by atoms with E-state index in [4.69, 9.17) is 16.3 Å². The van der Waals surface area contributed by atoms with Gasteiger partial charge in [-0.2, -0.15) is 0 Å². The number of halogens is 1. The molecular weight excluding hydrogens is 224 g/mol. The van der Waals surface area contributed by atoms with E-state index in [0.717, 1.165) is 17.7 Å². The van der Waals surface area contributed by atoms with E-state index >= 15 is 0 Å². The Kier molecular flexibility index (Phi) is 4.08. The van der Waals surface area contributed by atoms with Crippen molar-refractivity contribution in [2.24, 2.45) is 0 Å². The van der Waals surface area contributed by atoms with Crippen LogP contribution < -0.4 is 4.74 Å². The highest BCUT2D eigenvalue weighted by atomic mass is 35.5. The molecule has 1 N–H and O–H groups in total. The Morgan fingerprint density at radius 1 is 1.31 bits per heavy atom. The highest BCUT2D eigenvalue weighted by molar-refractivity contribution is 6.17. The monoisotopic (exact) mass is 240 g/mol. The van der Waals surface area contributed by atoms with E-state index in [1.807, 2.05) is 24.3 Å². The average Bonchev–Trinajstić information content (AvgIpc) is 3.11. The second-order valence-corrected chi connectivity index (χ2v) is 4.61. The molecular formula is C13H17ClO2. The molecule has 0 aromatic heterocycles. The Balaban J connectivity index is 1.89. The maximum absolute atomic E-state index is 9.84. The normalized spacial score (nSPS) is 17.1. The van der Waals surface area contributed by atoms with Crippen LogP contribution in [0.25, 0.3) is 0 Å². The van der Waals surface area contributed by atoms with E-state index in [1.54, 1.807) is 0 Å². The van der Waals surface area contributed by atoms with E-state index in [0.29, 0.717) is 18.4 Å². The fourth-order valence-corrected chi connectivity index (χ4v) is 1.74. The van der Waals surface area contributed by atoms with Gasteiger partial charge in [-0.25, -0.2) is 0 Å². The zero-order valence-electron chi connectivity index (χ0n) is 9.23. The Labute approximate surface area is 101 Å². The summed E-state index contributed by atoms with van der Waals surface area (Å²) in [6, 6.07) is 7.71. The highest BCUT2D eigenvalue weighted by Gasteiger charge is 2.23. The molecule has 0 bridgehead atoms. The molecule has 1 saturated carbocycles.